The topological polar surface area (TPSA) is 118 Å². The molecular weight excluding hydrogens is 432 g/mol. The molecule has 10 heteroatoms. The van der Waals surface area contributed by atoms with Gasteiger partial charge in [-0.15, -0.1) is 0 Å². The van der Waals surface area contributed by atoms with Crippen LogP contribution in [0, 0.1) is 5.92 Å². The molecule has 0 bridgehead atoms. The zero-order chi connectivity index (χ0) is 23.5. The molecule has 2 heterocycles. The van der Waals surface area contributed by atoms with E-state index in [1.807, 2.05) is 34.6 Å². The Labute approximate surface area is 193 Å². The first-order valence-corrected chi connectivity index (χ1v) is 11.3. The molecule has 2 aromatic rings. The molecule has 0 aromatic carbocycles. The SMILES string of the molecule is CC(C)Nc1nc(Cl)cc2cnc(NC(=O)[C@H]3CCC[C@@H](NC(=O)OC(C)(C)C)C3)nc12. The predicted molar refractivity (Wildman–Crippen MR) is 125 cm³/mol. The zero-order valence-corrected chi connectivity index (χ0v) is 19.9. The van der Waals surface area contributed by atoms with Gasteiger partial charge in [0.05, 0.1) is 0 Å². The molecule has 3 rings (SSSR count). The molecule has 1 aliphatic rings. The minimum atomic E-state index is -0.564. The summed E-state index contributed by atoms with van der Waals surface area (Å²) in [5, 5.41) is 9.98. The Hall–Kier alpha value is -2.68. The van der Waals surface area contributed by atoms with Crippen LogP contribution in [-0.2, 0) is 9.53 Å². The maximum Gasteiger partial charge on any atom is 0.407 e. The molecule has 3 N–H and O–H groups in total. The highest BCUT2D eigenvalue weighted by molar-refractivity contribution is 6.30. The molecule has 1 saturated carbocycles. The molecule has 174 valence electrons. The van der Waals surface area contributed by atoms with E-state index in [1.54, 1.807) is 12.3 Å². The summed E-state index contributed by atoms with van der Waals surface area (Å²) in [7, 11) is 0. The number of aromatic nitrogens is 3. The molecule has 2 aromatic heterocycles. The molecule has 0 spiro atoms. The van der Waals surface area contributed by atoms with Gasteiger partial charge < -0.3 is 15.4 Å². The van der Waals surface area contributed by atoms with Gasteiger partial charge in [-0.05, 0) is 59.9 Å². The van der Waals surface area contributed by atoms with Crippen LogP contribution < -0.4 is 16.0 Å². The monoisotopic (exact) mass is 462 g/mol. The van der Waals surface area contributed by atoms with E-state index >= 15 is 0 Å². The second-order valence-corrected chi connectivity index (χ2v) is 9.81. The van der Waals surface area contributed by atoms with E-state index in [0.717, 1.165) is 24.6 Å². The molecule has 1 aliphatic carbocycles. The highest BCUT2D eigenvalue weighted by atomic mass is 35.5. The molecule has 9 nitrogen and oxygen atoms in total. The number of carbonyl (C=O) groups is 2. The number of fused-ring (bicyclic) bond motifs is 1. The minimum Gasteiger partial charge on any atom is -0.444 e. The van der Waals surface area contributed by atoms with Crippen LogP contribution in [-0.4, -0.2) is 44.6 Å². The summed E-state index contributed by atoms with van der Waals surface area (Å²) in [6.45, 7) is 9.43. The van der Waals surface area contributed by atoms with Crippen LogP contribution in [0.4, 0.5) is 16.6 Å². The third kappa shape index (κ3) is 6.66. The maximum atomic E-state index is 12.9. The summed E-state index contributed by atoms with van der Waals surface area (Å²) < 4.78 is 5.33. The first-order chi connectivity index (χ1) is 15.0. The number of hydrogen-bond acceptors (Lipinski definition) is 7. The number of halogens is 1. The van der Waals surface area contributed by atoms with E-state index in [0.29, 0.717) is 22.9 Å². The Morgan fingerprint density at radius 3 is 2.66 bits per heavy atom. The van der Waals surface area contributed by atoms with Crippen molar-refractivity contribution in [2.45, 2.75) is 78.0 Å². The second-order valence-electron chi connectivity index (χ2n) is 9.42. The van der Waals surface area contributed by atoms with Crippen molar-refractivity contribution in [3.8, 4) is 0 Å². The Morgan fingerprint density at radius 1 is 1.22 bits per heavy atom. The quantitative estimate of drug-likeness (QED) is 0.559. The molecule has 0 radical (unpaired) electrons. The van der Waals surface area contributed by atoms with Crippen LogP contribution >= 0.6 is 11.6 Å². The van der Waals surface area contributed by atoms with Gasteiger partial charge in [-0.1, -0.05) is 18.0 Å². The Morgan fingerprint density at radius 2 is 1.97 bits per heavy atom. The van der Waals surface area contributed by atoms with Gasteiger partial charge in [-0.2, -0.15) is 0 Å². The number of amides is 2. The Kier molecular flexibility index (Phi) is 7.38. The van der Waals surface area contributed by atoms with Gasteiger partial charge in [0.1, 0.15) is 16.3 Å². The van der Waals surface area contributed by atoms with Crippen LogP contribution in [0.2, 0.25) is 5.15 Å². The summed E-state index contributed by atoms with van der Waals surface area (Å²) in [6, 6.07) is 1.70. The number of anilines is 2. The van der Waals surface area contributed by atoms with Gasteiger partial charge in [0.2, 0.25) is 11.9 Å². The molecular formula is C22H31ClN6O3. The van der Waals surface area contributed by atoms with Gasteiger partial charge in [-0.25, -0.2) is 19.7 Å². The lowest BCUT2D eigenvalue weighted by Gasteiger charge is -2.29. The summed E-state index contributed by atoms with van der Waals surface area (Å²) in [6.07, 6.45) is 4.08. The van der Waals surface area contributed by atoms with Crippen LogP contribution in [0.25, 0.3) is 10.9 Å². The molecule has 0 unspecified atom stereocenters. The van der Waals surface area contributed by atoms with E-state index in [-0.39, 0.29) is 29.9 Å². The fourth-order valence-corrected chi connectivity index (χ4v) is 3.89. The molecule has 0 aliphatic heterocycles. The van der Waals surface area contributed by atoms with Crippen molar-refractivity contribution >= 4 is 46.3 Å². The van der Waals surface area contributed by atoms with Gasteiger partial charge in [-0.3, -0.25) is 10.1 Å². The standard InChI is InChI=1S/C22H31ClN6O3/c1-12(2)25-18-17-14(10-16(23)27-18)11-24-20(28-17)29-19(30)13-7-6-8-15(9-13)26-21(31)32-22(3,4)5/h10-13,15H,6-9H2,1-5H3,(H,25,27)(H,26,31)(H,24,28,29,30)/t13-,15+/m0/s1. The first kappa shape index (κ1) is 24.0. The van der Waals surface area contributed by atoms with E-state index in [1.165, 1.54) is 0 Å². The fourth-order valence-electron chi connectivity index (χ4n) is 3.69. The van der Waals surface area contributed by atoms with Crippen LogP contribution in [0.5, 0.6) is 0 Å². The zero-order valence-electron chi connectivity index (χ0n) is 19.2. The number of ether oxygens (including phenoxy) is 1. The van der Waals surface area contributed by atoms with Crippen LogP contribution in [0.1, 0.15) is 60.3 Å². The Bertz CT molecular complexity index is 992. The average molecular weight is 463 g/mol. The molecule has 32 heavy (non-hydrogen) atoms. The highest BCUT2D eigenvalue weighted by Gasteiger charge is 2.30. The predicted octanol–water partition coefficient (Wildman–Crippen LogP) is 4.52. The molecule has 2 atom stereocenters. The number of hydrogen-bond donors (Lipinski definition) is 3. The largest absolute Gasteiger partial charge is 0.444 e. The molecule has 1 fully saturated rings. The van der Waals surface area contributed by atoms with Crippen LogP contribution in [0.15, 0.2) is 12.3 Å². The Balaban J connectivity index is 1.68. The van der Waals surface area contributed by atoms with Crippen LogP contribution in [0.3, 0.4) is 0 Å². The highest BCUT2D eigenvalue weighted by Crippen LogP contribution is 2.27. The number of nitrogens with zero attached hydrogens (tertiary/aromatic N) is 3. The first-order valence-electron chi connectivity index (χ1n) is 10.9. The van der Waals surface area contributed by atoms with E-state index in [4.69, 9.17) is 16.3 Å². The normalized spacial score (nSPS) is 19.0. The third-order valence-corrected chi connectivity index (χ3v) is 5.15. The lowest BCUT2D eigenvalue weighted by atomic mass is 9.85. The lowest BCUT2D eigenvalue weighted by molar-refractivity contribution is -0.121. The van der Waals surface area contributed by atoms with Gasteiger partial charge >= 0.3 is 6.09 Å². The van der Waals surface area contributed by atoms with Gasteiger partial charge in [0, 0.05) is 29.6 Å². The third-order valence-electron chi connectivity index (χ3n) is 4.96. The van der Waals surface area contributed by atoms with Crippen molar-refractivity contribution in [1.29, 1.82) is 0 Å². The summed E-state index contributed by atoms with van der Waals surface area (Å²) in [5.74, 6) is 0.334. The molecule has 0 saturated heterocycles. The number of carbonyl (C=O) groups excluding carboxylic acids is 2. The van der Waals surface area contributed by atoms with E-state index < -0.39 is 11.7 Å². The summed E-state index contributed by atoms with van der Waals surface area (Å²) in [4.78, 5) is 38.0. The summed E-state index contributed by atoms with van der Waals surface area (Å²) >= 11 is 6.10. The van der Waals surface area contributed by atoms with Crippen molar-refractivity contribution in [1.82, 2.24) is 20.3 Å². The van der Waals surface area contributed by atoms with Crippen molar-refractivity contribution in [3.05, 3.63) is 17.4 Å². The second kappa shape index (κ2) is 9.85. The van der Waals surface area contributed by atoms with Crippen molar-refractivity contribution in [3.63, 3.8) is 0 Å². The average Bonchev–Trinajstić information content (AvgIpc) is 2.66. The minimum absolute atomic E-state index is 0.111. The van der Waals surface area contributed by atoms with E-state index in [9.17, 15) is 9.59 Å². The van der Waals surface area contributed by atoms with Crippen molar-refractivity contribution in [2.75, 3.05) is 10.6 Å². The fraction of sp³-hybridized carbons (Fsp3) is 0.591. The number of nitrogens with one attached hydrogen (secondary N) is 3. The van der Waals surface area contributed by atoms with E-state index in [2.05, 4.69) is 30.9 Å². The van der Waals surface area contributed by atoms with Crippen molar-refractivity contribution < 1.29 is 14.3 Å². The number of pyridine rings is 1. The number of rotatable bonds is 5. The van der Waals surface area contributed by atoms with Crippen molar-refractivity contribution in [2.24, 2.45) is 5.92 Å². The summed E-state index contributed by atoms with van der Waals surface area (Å²) in [5.41, 5.74) is 0.0206. The lowest BCUT2D eigenvalue weighted by Crippen LogP contribution is -2.43. The van der Waals surface area contributed by atoms with Gasteiger partial charge in [0.15, 0.2) is 5.82 Å². The number of alkyl carbamates (subject to hydrolysis) is 1. The smallest absolute Gasteiger partial charge is 0.407 e. The molecule has 2 amide bonds. The van der Waals surface area contributed by atoms with Gasteiger partial charge in [0.25, 0.3) is 0 Å². The maximum absolute atomic E-state index is 12.9.